The van der Waals surface area contributed by atoms with Gasteiger partial charge in [0.25, 0.3) is 0 Å². The largest absolute Gasteiger partial charge is 0.454 e. The number of benzene rings is 1. The van der Waals surface area contributed by atoms with Crippen LogP contribution in [0.25, 0.3) is 0 Å². The summed E-state index contributed by atoms with van der Waals surface area (Å²) in [5, 5.41) is 0. The molecule has 3 rings (SSSR count). The van der Waals surface area contributed by atoms with Gasteiger partial charge in [-0.25, -0.2) is 8.42 Å². The molecule has 1 aliphatic heterocycles. The van der Waals surface area contributed by atoms with Crippen LogP contribution in [0, 0.1) is 0 Å². The first kappa shape index (κ1) is 9.35. The molecule has 1 aromatic carbocycles. The SMILES string of the molecule is O=S1(=O)c2ccccc2Oc2ccncc21. The van der Waals surface area contributed by atoms with Crippen molar-refractivity contribution in [3.8, 4) is 11.5 Å². The Morgan fingerprint density at radius 3 is 2.62 bits per heavy atom. The molecule has 16 heavy (non-hydrogen) atoms. The third-order valence-corrected chi connectivity index (χ3v) is 4.20. The van der Waals surface area contributed by atoms with E-state index in [1.54, 1.807) is 24.3 Å². The fourth-order valence-corrected chi connectivity index (χ4v) is 3.09. The molecule has 0 saturated carbocycles. The van der Waals surface area contributed by atoms with Crippen molar-refractivity contribution in [2.75, 3.05) is 0 Å². The average molecular weight is 233 g/mol. The van der Waals surface area contributed by atoms with E-state index < -0.39 is 9.84 Å². The second-order valence-electron chi connectivity index (χ2n) is 3.37. The van der Waals surface area contributed by atoms with E-state index in [1.807, 2.05) is 0 Å². The van der Waals surface area contributed by atoms with Crippen molar-refractivity contribution in [1.29, 1.82) is 0 Å². The smallest absolute Gasteiger partial charge is 0.215 e. The van der Waals surface area contributed by atoms with Gasteiger partial charge in [-0.3, -0.25) is 4.98 Å². The zero-order valence-corrected chi connectivity index (χ0v) is 8.94. The van der Waals surface area contributed by atoms with E-state index in [1.165, 1.54) is 18.5 Å². The zero-order chi connectivity index (χ0) is 11.2. The van der Waals surface area contributed by atoms with E-state index in [-0.39, 0.29) is 9.79 Å². The standard InChI is InChI=1S/C11H7NO3S/c13-16(14)10-4-2-1-3-8(10)15-9-5-6-12-7-11(9)16/h1-7H. The van der Waals surface area contributed by atoms with Crippen LogP contribution >= 0.6 is 0 Å². The zero-order valence-electron chi connectivity index (χ0n) is 8.12. The van der Waals surface area contributed by atoms with Crippen LogP contribution in [0.4, 0.5) is 0 Å². The number of aromatic nitrogens is 1. The number of nitrogens with zero attached hydrogens (tertiary/aromatic N) is 1. The first-order valence-corrected chi connectivity index (χ1v) is 6.14. The van der Waals surface area contributed by atoms with Gasteiger partial charge in [0.05, 0.1) is 0 Å². The van der Waals surface area contributed by atoms with E-state index >= 15 is 0 Å². The first-order valence-electron chi connectivity index (χ1n) is 4.65. The molecule has 0 atom stereocenters. The van der Waals surface area contributed by atoms with Crippen molar-refractivity contribution in [3.05, 3.63) is 42.7 Å². The maximum atomic E-state index is 12.2. The van der Waals surface area contributed by atoms with Gasteiger partial charge >= 0.3 is 0 Å². The molecular weight excluding hydrogens is 226 g/mol. The number of sulfone groups is 1. The van der Waals surface area contributed by atoms with E-state index in [0.717, 1.165) is 0 Å². The molecule has 2 heterocycles. The summed E-state index contributed by atoms with van der Waals surface area (Å²) in [5.41, 5.74) is 0. The average Bonchev–Trinajstić information content (AvgIpc) is 2.29. The summed E-state index contributed by atoms with van der Waals surface area (Å²) in [6.07, 6.45) is 2.81. The molecule has 0 saturated heterocycles. The van der Waals surface area contributed by atoms with Crippen molar-refractivity contribution in [1.82, 2.24) is 4.98 Å². The predicted octanol–water partition coefficient (Wildman–Crippen LogP) is 2.02. The molecule has 0 fully saturated rings. The van der Waals surface area contributed by atoms with Crippen LogP contribution in [-0.4, -0.2) is 13.4 Å². The lowest BCUT2D eigenvalue weighted by Crippen LogP contribution is -2.10. The van der Waals surface area contributed by atoms with Gasteiger partial charge in [0.15, 0.2) is 0 Å². The highest BCUT2D eigenvalue weighted by Gasteiger charge is 2.30. The van der Waals surface area contributed by atoms with Gasteiger partial charge in [-0.2, -0.15) is 0 Å². The van der Waals surface area contributed by atoms with Crippen LogP contribution in [0.5, 0.6) is 11.5 Å². The topological polar surface area (TPSA) is 56.3 Å². The highest BCUT2D eigenvalue weighted by atomic mass is 32.2. The van der Waals surface area contributed by atoms with Gasteiger partial charge in [0.1, 0.15) is 21.3 Å². The van der Waals surface area contributed by atoms with Crippen molar-refractivity contribution < 1.29 is 13.2 Å². The maximum Gasteiger partial charge on any atom is 0.215 e. The molecule has 4 nitrogen and oxygen atoms in total. The Morgan fingerprint density at radius 2 is 1.75 bits per heavy atom. The number of hydrogen-bond donors (Lipinski definition) is 0. The molecular formula is C11H7NO3S. The Kier molecular flexibility index (Phi) is 1.79. The van der Waals surface area contributed by atoms with Gasteiger partial charge in [-0.05, 0) is 12.1 Å². The van der Waals surface area contributed by atoms with Gasteiger partial charge < -0.3 is 4.74 Å². The number of fused-ring (bicyclic) bond motifs is 2. The number of hydrogen-bond acceptors (Lipinski definition) is 4. The fraction of sp³-hybridized carbons (Fsp3) is 0. The van der Waals surface area contributed by atoms with Crippen LogP contribution < -0.4 is 4.74 Å². The molecule has 0 bridgehead atoms. The lowest BCUT2D eigenvalue weighted by Gasteiger charge is -2.19. The fourth-order valence-electron chi connectivity index (χ4n) is 1.65. The number of pyridine rings is 1. The molecule has 0 aliphatic carbocycles. The van der Waals surface area contributed by atoms with Crippen LogP contribution in [0.2, 0.25) is 0 Å². The molecule has 1 aliphatic rings. The monoisotopic (exact) mass is 233 g/mol. The predicted molar refractivity (Wildman–Crippen MR) is 56.2 cm³/mol. The summed E-state index contributed by atoms with van der Waals surface area (Å²) in [6, 6.07) is 8.11. The lowest BCUT2D eigenvalue weighted by molar-refractivity contribution is 0.441. The summed E-state index contributed by atoms with van der Waals surface area (Å²) >= 11 is 0. The lowest BCUT2D eigenvalue weighted by atomic mass is 10.3. The highest BCUT2D eigenvalue weighted by molar-refractivity contribution is 7.91. The second-order valence-corrected chi connectivity index (χ2v) is 5.26. The molecule has 0 spiro atoms. The van der Waals surface area contributed by atoms with Crippen molar-refractivity contribution in [3.63, 3.8) is 0 Å². The minimum atomic E-state index is -3.49. The van der Waals surface area contributed by atoms with E-state index in [2.05, 4.69) is 4.98 Å². The minimum Gasteiger partial charge on any atom is -0.454 e. The van der Waals surface area contributed by atoms with Gasteiger partial charge in [-0.15, -0.1) is 0 Å². The molecule has 0 unspecified atom stereocenters. The van der Waals surface area contributed by atoms with Crippen molar-refractivity contribution >= 4 is 9.84 Å². The number of para-hydroxylation sites is 1. The summed E-state index contributed by atoms with van der Waals surface area (Å²) in [6.45, 7) is 0. The van der Waals surface area contributed by atoms with Crippen LogP contribution in [-0.2, 0) is 9.84 Å². The summed E-state index contributed by atoms with van der Waals surface area (Å²) in [5.74, 6) is 0.690. The van der Waals surface area contributed by atoms with Crippen molar-refractivity contribution in [2.45, 2.75) is 9.79 Å². The number of rotatable bonds is 0. The van der Waals surface area contributed by atoms with Crippen LogP contribution in [0.3, 0.4) is 0 Å². The Hall–Kier alpha value is -1.88. The van der Waals surface area contributed by atoms with Gasteiger partial charge in [0, 0.05) is 18.5 Å². The second kappa shape index (κ2) is 3.05. The summed E-state index contributed by atoms with van der Waals surface area (Å²) in [7, 11) is -3.49. The molecule has 1 aromatic heterocycles. The third-order valence-electron chi connectivity index (χ3n) is 2.39. The third kappa shape index (κ3) is 1.15. The Morgan fingerprint density at radius 1 is 1.00 bits per heavy atom. The quantitative estimate of drug-likeness (QED) is 0.596. The molecule has 0 N–H and O–H groups in total. The molecule has 2 aromatic rings. The molecule has 0 amide bonds. The molecule has 80 valence electrons. The minimum absolute atomic E-state index is 0.119. The highest BCUT2D eigenvalue weighted by Crippen LogP contribution is 2.41. The molecule has 5 heteroatoms. The number of ether oxygens (including phenoxy) is 1. The molecule has 0 radical (unpaired) electrons. The first-order chi connectivity index (χ1) is 7.69. The Bertz CT molecular complexity index is 613. The van der Waals surface area contributed by atoms with Gasteiger partial charge in [-0.1, -0.05) is 12.1 Å². The Balaban J connectivity index is 2.37. The van der Waals surface area contributed by atoms with Crippen LogP contribution in [0.15, 0.2) is 52.5 Å². The van der Waals surface area contributed by atoms with Crippen molar-refractivity contribution in [2.24, 2.45) is 0 Å². The Labute approximate surface area is 92.4 Å². The summed E-state index contributed by atoms with van der Waals surface area (Å²) in [4.78, 5) is 4.12. The normalized spacial score (nSPS) is 15.8. The van der Waals surface area contributed by atoms with Gasteiger partial charge in [0.2, 0.25) is 9.84 Å². The van der Waals surface area contributed by atoms with Crippen LogP contribution in [0.1, 0.15) is 0 Å². The summed E-state index contributed by atoms with van der Waals surface area (Å²) < 4.78 is 29.8. The van der Waals surface area contributed by atoms with E-state index in [4.69, 9.17) is 4.74 Å². The van der Waals surface area contributed by atoms with E-state index in [0.29, 0.717) is 11.5 Å². The van der Waals surface area contributed by atoms with E-state index in [9.17, 15) is 8.42 Å². The maximum absolute atomic E-state index is 12.2.